The van der Waals surface area contributed by atoms with E-state index in [0.717, 1.165) is 5.56 Å². The van der Waals surface area contributed by atoms with Crippen LogP contribution in [0.1, 0.15) is 33.9 Å². The van der Waals surface area contributed by atoms with Gasteiger partial charge in [0.2, 0.25) is 17.6 Å². The molecule has 1 atom stereocenters. The van der Waals surface area contributed by atoms with Crippen LogP contribution in [0.15, 0.2) is 36.4 Å². The van der Waals surface area contributed by atoms with Crippen LogP contribution in [0.4, 0.5) is 13.2 Å². The molecule has 0 heterocycles. The van der Waals surface area contributed by atoms with Gasteiger partial charge in [-0.25, -0.2) is 4.79 Å². The molecule has 3 rings (SSSR count). The second-order valence-corrected chi connectivity index (χ2v) is 8.22. The van der Waals surface area contributed by atoms with E-state index in [0.29, 0.717) is 52.9 Å². The Balaban J connectivity index is 2.00. The molecule has 2 N–H and O–H groups in total. The van der Waals surface area contributed by atoms with E-state index in [2.05, 4.69) is 10.6 Å². The zero-order chi connectivity index (χ0) is 28.0. The molecule has 0 spiro atoms. The van der Waals surface area contributed by atoms with Gasteiger partial charge in [-0.2, -0.15) is 13.2 Å². The minimum Gasteiger partial charge on any atom is -0.493 e. The fourth-order valence-electron chi connectivity index (χ4n) is 4.27. The molecule has 0 fully saturated rings. The summed E-state index contributed by atoms with van der Waals surface area (Å²) in [6, 6.07) is 6.08. The summed E-state index contributed by atoms with van der Waals surface area (Å²) < 4.78 is 58.4. The highest BCUT2D eigenvalue weighted by Crippen LogP contribution is 2.50. The number of nitrogens with one attached hydrogen (secondary N) is 2. The Labute approximate surface area is 216 Å². The highest BCUT2D eigenvalue weighted by molar-refractivity contribution is 5.93. The molecule has 0 aliphatic heterocycles. The van der Waals surface area contributed by atoms with Crippen LogP contribution in [0, 0.1) is 0 Å². The molecule has 2 amide bonds. The summed E-state index contributed by atoms with van der Waals surface area (Å²) in [6.45, 7) is -0.554. The van der Waals surface area contributed by atoms with E-state index in [1.54, 1.807) is 18.2 Å². The Kier molecular flexibility index (Phi) is 8.87. The average Bonchev–Trinajstić information content (AvgIpc) is 3.04. The SMILES string of the molecule is COC(=O)c1ccc2c(c1)[C@@H](NC(=O)CNC(=O)/C=C/C(F)(F)F)CCc1cc(OC)c(OC)c(OC)c1-2. The molecule has 0 bridgehead atoms. The molecular formula is C26H27F3N2O7. The van der Waals surface area contributed by atoms with Crippen LogP contribution < -0.4 is 24.8 Å². The summed E-state index contributed by atoms with van der Waals surface area (Å²) in [4.78, 5) is 36.6. The predicted molar refractivity (Wildman–Crippen MR) is 130 cm³/mol. The Morgan fingerprint density at radius 2 is 1.74 bits per heavy atom. The largest absolute Gasteiger partial charge is 0.493 e. The fourth-order valence-corrected chi connectivity index (χ4v) is 4.27. The van der Waals surface area contributed by atoms with Gasteiger partial charge in [0.05, 0.1) is 46.6 Å². The second-order valence-electron chi connectivity index (χ2n) is 8.22. The topological polar surface area (TPSA) is 112 Å². The van der Waals surface area contributed by atoms with E-state index in [4.69, 9.17) is 18.9 Å². The number of hydrogen-bond acceptors (Lipinski definition) is 7. The maximum atomic E-state index is 12.7. The minimum absolute atomic E-state index is 0.219. The van der Waals surface area contributed by atoms with Crippen molar-refractivity contribution in [1.82, 2.24) is 10.6 Å². The van der Waals surface area contributed by atoms with Gasteiger partial charge in [-0.1, -0.05) is 6.07 Å². The number of alkyl halides is 3. The molecule has 0 aromatic heterocycles. The Morgan fingerprint density at radius 3 is 2.34 bits per heavy atom. The summed E-state index contributed by atoms with van der Waals surface area (Å²) in [5.41, 5.74) is 3.02. The first-order valence-corrected chi connectivity index (χ1v) is 11.4. The average molecular weight is 537 g/mol. The molecule has 1 aliphatic rings. The van der Waals surface area contributed by atoms with Gasteiger partial charge < -0.3 is 29.6 Å². The van der Waals surface area contributed by atoms with Crippen molar-refractivity contribution in [2.45, 2.75) is 25.1 Å². The lowest BCUT2D eigenvalue weighted by Crippen LogP contribution is -2.38. The zero-order valence-corrected chi connectivity index (χ0v) is 21.2. The summed E-state index contributed by atoms with van der Waals surface area (Å²) in [5.74, 6) is -1.05. The van der Waals surface area contributed by atoms with Gasteiger partial charge in [0, 0.05) is 17.7 Å². The maximum Gasteiger partial charge on any atom is 0.409 e. The van der Waals surface area contributed by atoms with Crippen molar-refractivity contribution < 1.29 is 46.5 Å². The molecule has 0 radical (unpaired) electrons. The third-order valence-electron chi connectivity index (χ3n) is 5.91. The molecule has 1 aliphatic carbocycles. The number of esters is 1. The highest BCUT2D eigenvalue weighted by Gasteiger charge is 2.30. The maximum absolute atomic E-state index is 12.7. The van der Waals surface area contributed by atoms with E-state index >= 15 is 0 Å². The number of aryl methyl sites for hydroxylation is 1. The normalized spacial score (nSPS) is 14.6. The molecule has 2 aromatic rings. The third-order valence-corrected chi connectivity index (χ3v) is 5.91. The molecular weight excluding hydrogens is 509 g/mol. The first-order valence-electron chi connectivity index (χ1n) is 11.4. The molecule has 0 unspecified atom stereocenters. The standard InChI is InChI=1S/C26H27F3N2O7/c1-35-19-12-14-6-8-18(31-21(33)13-30-20(32)9-10-26(27,28)29)17-11-15(25(34)38-4)5-7-16(17)22(14)24(37-3)23(19)36-2/h5,7,9-12,18H,6,8,13H2,1-4H3,(H,30,32)(H,31,33)/b10-9+/t18-/m0/s1. The number of fused-ring (bicyclic) bond motifs is 3. The second kappa shape index (κ2) is 11.9. The summed E-state index contributed by atoms with van der Waals surface area (Å²) in [5, 5.41) is 4.92. The lowest BCUT2D eigenvalue weighted by Gasteiger charge is -2.22. The molecule has 204 valence electrons. The van der Waals surface area contributed by atoms with Gasteiger partial charge in [0.25, 0.3) is 0 Å². The number of halogens is 3. The van der Waals surface area contributed by atoms with Crippen LogP contribution in [0.25, 0.3) is 11.1 Å². The Bertz CT molecular complexity index is 1260. The summed E-state index contributed by atoms with van der Waals surface area (Å²) in [7, 11) is 5.71. The van der Waals surface area contributed by atoms with Crippen molar-refractivity contribution in [1.29, 1.82) is 0 Å². The van der Waals surface area contributed by atoms with Gasteiger partial charge in [0.15, 0.2) is 11.5 Å². The van der Waals surface area contributed by atoms with E-state index in [1.807, 2.05) is 6.07 Å². The van der Waals surface area contributed by atoms with Gasteiger partial charge in [0.1, 0.15) is 0 Å². The van der Waals surface area contributed by atoms with Crippen molar-refractivity contribution in [2.75, 3.05) is 35.0 Å². The number of carbonyl (C=O) groups is 3. The van der Waals surface area contributed by atoms with E-state index in [-0.39, 0.29) is 11.6 Å². The van der Waals surface area contributed by atoms with Crippen LogP contribution in [0.5, 0.6) is 17.2 Å². The monoisotopic (exact) mass is 536 g/mol. The smallest absolute Gasteiger partial charge is 0.409 e. The van der Waals surface area contributed by atoms with Gasteiger partial charge in [-0.15, -0.1) is 0 Å². The quantitative estimate of drug-likeness (QED) is 0.392. The highest BCUT2D eigenvalue weighted by atomic mass is 19.4. The Hall–Kier alpha value is -4.22. The fraction of sp³-hybridized carbons (Fsp3) is 0.346. The van der Waals surface area contributed by atoms with E-state index < -0.39 is 36.5 Å². The number of ether oxygens (including phenoxy) is 4. The molecule has 2 aromatic carbocycles. The summed E-state index contributed by atoms with van der Waals surface area (Å²) in [6.07, 6.45) is -3.72. The number of hydrogen-bond donors (Lipinski definition) is 2. The van der Waals surface area contributed by atoms with Gasteiger partial charge in [-0.05, 0) is 47.7 Å². The first kappa shape index (κ1) is 28.4. The summed E-state index contributed by atoms with van der Waals surface area (Å²) >= 11 is 0. The molecule has 0 saturated heterocycles. The van der Waals surface area contributed by atoms with Crippen molar-refractivity contribution in [2.24, 2.45) is 0 Å². The van der Waals surface area contributed by atoms with Crippen LogP contribution in [0.2, 0.25) is 0 Å². The van der Waals surface area contributed by atoms with E-state index in [1.165, 1.54) is 28.4 Å². The third kappa shape index (κ3) is 6.36. The van der Waals surface area contributed by atoms with Gasteiger partial charge >= 0.3 is 12.1 Å². The number of methoxy groups -OCH3 is 4. The molecule has 0 saturated carbocycles. The van der Waals surface area contributed by atoms with Crippen LogP contribution in [-0.4, -0.2) is 58.9 Å². The van der Waals surface area contributed by atoms with Crippen LogP contribution >= 0.6 is 0 Å². The minimum atomic E-state index is -4.65. The number of benzene rings is 2. The van der Waals surface area contributed by atoms with Crippen molar-refractivity contribution in [3.05, 3.63) is 53.1 Å². The van der Waals surface area contributed by atoms with Gasteiger partial charge in [-0.3, -0.25) is 9.59 Å². The first-order chi connectivity index (χ1) is 18.0. The lowest BCUT2D eigenvalue weighted by molar-refractivity contribution is -0.124. The number of rotatable bonds is 8. The zero-order valence-electron chi connectivity index (χ0n) is 21.2. The molecule has 38 heavy (non-hydrogen) atoms. The lowest BCUT2D eigenvalue weighted by atomic mass is 9.92. The number of amides is 2. The predicted octanol–water partition coefficient (Wildman–Crippen LogP) is 3.50. The molecule has 9 nitrogen and oxygen atoms in total. The van der Waals surface area contributed by atoms with Crippen molar-refractivity contribution in [3.63, 3.8) is 0 Å². The number of allylic oxidation sites excluding steroid dienone is 1. The van der Waals surface area contributed by atoms with E-state index in [9.17, 15) is 27.6 Å². The van der Waals surface area contributed by atoms with Crippen LogP contribution in [0.3, 0.4) is 0 Å². The van der Waals surface area contributed by atoms with Crippen molar-refractivity contribution >= 4 is 17.8 Å². The van der Waals surface area contributed by atoms with Crippen LogP contribution in [-0.2, 0) is 20.7 Å². The number of carbonyl (C=O) groups excluding carboxylic acids is 3. The Morgan fingerprint density at radius 1 is 1.03 bits per heavy atom. The van der Waals surface area contributed by atoms with Crippen molar-refractivity contribution in [3.8, 4) is 28.4 Å². The molecule has 12 heteroatoms.